The highest BCUT2D eigenvalue weighted by Crippen LogP contribution is 2.33. The number of fused-ring (bicyclic) bond motifs is 12. The first-order valence-corrected chi connectivity index (χ1v) is 19.3. The standard InChI is InChI=1S/C37H53N7O5S/c1-26-32-23-34(46)44(29-14-21-42(22-15-29)35(47)25-49-30-7-4-3-5-8-30)24-33(45)38-16-6-9-31(39-28-12-17-41(2)18-13-28)37(48)43-19-10-27(11-20-43)36(40-32)50-26/h3-5,7-8,27-29,31,39H,6,9-25H2,1-2H3,(H,38,45)/t31-/m0/s1. The lowest BCUT2D eigenvalue weighted by atomic mass is 9.96. The summed E-state index contributed by atoms with van der Waals surface area (Å²) in [5, 5.41) is 7.78. The van der Waals surface area contributed by atoms with Crippen LogP contribution in [0, 0.1) is 6.92 Å². The molecule has 12 nitrogen and oxygen atoms in total. The molecule has 0 saturated carbocycles. The van der Waals surface area contributed by atoms with Crippen molar-refractivity contribution in [2.45, 2.75) is 88.8 Å². The van der Waals surface area contributed by atoms with Gasteiger partial charge in [0.05, 0.1) is 29.7 Å². The molecule has 0 radical (unpaired) electrons. The molecule has 4 amide bonds. The number of rotatable bonds is 6. The van der Waals surface area contributed by atoms with E-state index in [1.54, 1.807) is 21.1 Å². The fraction of sp³-hybridized carbons (Fsp3) is 0.649. The summed E-state index contributed by atoms with van der Waals surface area (Å²) in [6, 6.07) is 9.14. The van der Waals surface area contributed by atoms with Gasteiger partial charge in [0.1, 0.15) is 5.75 Å². The predicted octanol–water partition coefficient (Wildman–Crippen LogP) is 2.56. The zero-order chi connectivity index (χ0) is 35.0. The molecule has 2 N–H and O–H groups in total. The quantitative estimate of drug-likeness (QED) is 0.470. The molecule has 3 fully saturated rings. The number of hydrogen-bond donors (Lipinski definition) is 2. The van der Waals surface area contributed by atoms with Gasteiger partial charge < -0.3 is 35.0 Å². The van der Waals surface area contributed by atoms with Crippen LogP contribution in [0.4, 0.5) is 0 Å². The number of amides is 4. The van der Waals surface area contributed by atoms with E-state index in [-0.39, 0.29) is 61.2 Å². The van der Waals surface area contributed by atoms with Gasteiger partial charge in [-0.25, -0.2) is 4.98 Å². The number of nitrogens with zero attached hydrogens (tertiary/aromatic N) is 5. The number of piperidine rings is 3. The highest BCUT2D eigenvalue weighted by molar-refractivity contribution is 7.11. The van der Waals surface area contributed by atoms with Crippen molar-refractivity contribution in [3.63, 3.8) is 0 Å². The van der Waals surface area contributed by atoms with Crippen LogP contribution < -0.4 is 15.4 Å². The Morgan fingerprint density at radius 2 is 1.68 bits per heavy atom. The Labute approximate surface area is 299 Å². The van der Waals surface area contributed by atoms with Crippen LogP contribution in [0.1, 0.15) is 72.9 Å². The van der Waals surface area contributed by atoms with E-state index >= 15 is 0 Å². The number of aryl methyl sites for hydroxylation is 1. The molecule has 5 aliphatic heterocycles. The van der Waals surface area contributed by atoms with Gasteiger partial charge in [-0.1, -0.05) is 18.2 Å². The van der Waals surface area contributed by atoms with Crippen molar-refractivity contribution in [3.8, 4) is 5.75 Å². The molecule has 0 unspecified atom stereocenters. The second-order valence-electron chi connectivity index (χ2n) is 14.4. The minimum absolute atomic E-state index is 0.0375. The Morgan fingerprint density at radius 1 is 0.960 bits per heavy atom. The van der Waals surface area contributed by atoms with Crippen LogP contribution in [0.15, 0.2) is 30.3 Å². The van der Waals surface area contributed by atoms with Crippen molar-refractivity contribution >= 4 is 35.0 Å². The summed E-state index contributed by atoms with van der Waals surface area (Å²) >= 11 is 1.65. The molecule has 0 spiro atoms. The Hall–Kier alpha value is -3.55. The van der Waals surface area contributed by atoms with Crippen LogP contribution in [0.3, 0.4) is 0 Å². The summed E-state index contributed by atoms with van der Waals surface area (Å²) in [5.41, 5.74) is 0.771. The second-order valence-corrected chi connectivity index (χ2v) is 15.6. The lowest BCUT2D eigenvalue weighted by molar-refractivity contribution is -0.141. The van der Waals surface area contributed by atoms with Crippen molar-refractivity contribution in [3.05, 3.63) is 45.9 Å². The molecule has 3 saturated heterocycles. The van der Waals surface area contributed by atoms with Gasteiger partial charge in [0.25, 0.3) is 5.91 Å². The molecule has 272 valence electrons. The first-order valence-electron chi connectivity index (χ1n) is 18.4. The highest BCUT2D eigenvalue weighted by atomic mass is 32.1. The third-order valence-electron chi connectivity index (χ3n) is 10.8. The molecular weight excluding hydrogens is 655 g/mol. The molecular formula is C37H53N7O5S. The summed E-state index contributed by atoms with van der Waals surface area (Å²) in [4.78, 5) is 68.0. The number of thiazole rings is 1. The van der Waals surface area contributed by atoms with Crippen LogP contribution in [-0.2, 0) is 25.6 Å². The molecule has 5 aliphatic rings. The number of para-hydroxylation sites is 1. The minimum atomic E-state index is -0.284. The molecule has 6 heterocycles. The zero-order valence-electron chi connectivity index (χ0n) is 29.6. The van der Waals surface area contributed by atoms with Crippen molar-refractivity contribution in [2.24, 2.45) is 0 Å². The molecule has 1 aromatic heterocycles. The molecule has 13 heteroatoms. The van der Waals surface area contributed by atoms with Gasteiger partial charge in [0.2, 0.25) is 17.7 Å². The van der Waals surface area contributed by atoms with Gasteiger partial charge in [-0.05, 0) is 90.6 Å². The van der Waals surface area contributed by atoms with Gasteiger partial charge in [-0.3, -0.25) is 19.2 Å². The average Bonchev–Trinajstić information content (AvgIpc) is 3.50. The summed E-state index contributed by atoms with van der Waals surface area (Å²) in [6.45, 7) is 6.79. The van der Waals surface area contributed by atoms with Crippen LogP contribution in [-0.4, -0.2) is 132 Å². The normalized spacial score (nSPS) is 24.2. The summed E-state index contributed by atoms with van der Waals surface area (Å²) in [7, 11) is 2.14. The van der Waals surface area contributed by atoms with Crippen molar-refractivity contribution in [2.75, 3.05) is 66.0 Å². The molecule has 4 bridgehead atoms. The number of likely N-dealkylation sites (tertiary alicyclic amines) is 2. The smallest absolute Gasteiger partial charge is 0.260 e. The molecule has 7 rings (SSSR count). The lowest BCUT2D eigenvalue weighted by Crippen LogP contribution is -2.54. The first kappa shape index (κ1) is 36.2. The minimum Gasteiger partial charge on any atom is -0.484 e. The van der Waals surface area contributed by atoms with E-state index < -0.39 is 0 Å². The summed E-state index contributed by atoms with van der Waals surface area (Å²) < 4.78 is 5.68. The van der Waals surface area contributed by atoms with Gasteiger partial charge in [-0.15, -0.1) is 11.3 Å². The van der Waals surface area contributed by atoms with Crippen LogP contribution in [0.5, 0.6) is 5.75 Å². The second kappa shape index (κ2) is 17.1. The maximum Gasteiger partial charge on any atom is 0.260 e. The third kappa shape index (κ3) is 9.41. The van der Waals surface area contributed by atoms with Gasteiger partial charge in [-0.2, -0.15) is 0 Å². The van der Waals surface area contributed by atoms with E-state index in [0.29, 0.717) is 70.2 Å². The van der Waals surface area contributed by atoms with Crippen molar-refractivity contribution in [1.29, 1.82) is 0 Å². The molecule has 1 atom stereocenters. The number of carbonyl (C=O) groups is 4. The Balaban J connectivity index is 1.13. The van der Waals surface area contributed by atoms with E-state index in [1.165, 1.54) is 0 Å². The number of benzene rings is 1. The average molecular weight is 708 g/mol. The number of ether oxygens (including phenoxy) is 1. The fourth-order valence-electron chi connectivity index (χ4n) is 7.68. The highest BCUT2D eigenvalue weighted by Gasteiger charge is 2.34. The van der Waals surface area contributed by atoms with E-state index in [9.17, 15) is 19.2 Å². The fourth-order valence-corrected chi connectivity index (χ4v) is 8.79. The third-order valence-corrected chi connectivity index (χ3v) is 12.0. The van der Waals surface area contributed by atoms with Gasteiger partial charge >= 0.3 is 0 Å². The zero-order valence-corrected chi connectivity index (χ0v) is 30.4. The number of carbonyl (C=O) groups excluding carboxylic acids is 4. The maximum atomic E-state index is 14.0. The van der Waals surface area contributed by atoms with Crippen molar-refractivity contribution < 1.29 is 23.9 Å². The number of nitrogens with one attached hydrogen (secondary N) is 2. The molecule has 50 heavy (non-hydrogen) atoms. The Morgan fingerprint density at radius 3 is 2.40 bits per heavy atom. The van der Waals surface area contributed by atoms with E-state index in [2.05, 4.69) is 22.6 Å². The maximum absolute atomic E-state index is 14.0. The van der Waals surface area contributed by atoms with Crippen LogP contribution in [0.25, 0.3) is 0 Å². The Bertz CT molecular complexity index is 1460. The molecule has 2 aromatic rings. The summed E-state index contributed by atoms with van der Waals surface area (Å²) in [6.07, 6.45) is 6.38. The predicted molar refractivity (Wildman–Crippen MR) is 192 cm³/mol. The van der Waals surface area contributed by atoms with Crippen LogP contribution in [0.2, 0.25) is 0 Å². The van der Waals surface area contributed by atoms with E-state index in [0.717, 1.165) is 54.4 Å². The largest absolute Gasteiger partial charge is 0.484 e. The molecule has 1 aromatic carbocycles. The Kier molecular flexibility index (Phi) is 12.4. The molecule has 0 aliphatic carbocycles. The topological polar surface area (TPSA) is 127 Å². The van der Waals surface area contributed by atoms with E-state index in [4.69, 9.17) is 9.72 Å². The number of hydrogen-bond acceptors (Lipinski definition) is 9. The van der Waals surface area contributed by atoms with Crippen LogP contribution >= 0.6 is 11.3 Å². The monoisotopic (exact) mass is 707 g/mol. The SMILES string of the molecule is Cc1sc2nc1CC(=O)N(C1CCN(C(=O)COc3ccccc3)CC1)CC(=O)NCCC[C@H](NC1CCN(C)CC1)C(=O)N1CCC2CC1. The van der Waals surface area contributed by atoms with Crippen molar-refractivity contribution in [1.82, 2.24) is 35.2 Å². The lowest BCUT2D eigenvalue weighted by Gasteiger charge is -2.38. The van der Waals surface area contributed by atoms with Gasteiger partial charge in [0.15, 0.2) is 6.61 Å². The van der Waals surface area contributed by atoms with Gasteiger partial charge in [0, 0.05) is 55.6 Å². The summed E-state index contributed by atoms with van der Waals surface area (Å²) in [5.74, 6) is 0.673. The first-order chi connectivity index (χ1) is 24.2. The van der Waals surface area contributed by atoms with E-state index in [1.807, 2.05) is 42.2 Å². The number of aromatic nitrogens is 1.